The molecule has 0 heterocycles. The van der Waals surface area contributed by atoms with E-state index in [1.807, 2.05) is 0 Å². The highest BCUT2D eigenvalue weighted by Crippen LogP contribution is 2.10. The Balaban J connectivity index is 5.87. The van der Waals surface area contributed by atoms with Crippen molar-refractivity contribution in [3.8, 4) is 0 Å². The Morgan fingerprint density at radius 2 is 0.769 bits per heavy atom. The van der Waals surface area contributed by atoms with Gasteiger partial charge in [0.1, 0.15) is 0 Å². The van der Waals surface area contributed by atoms with Crippen molar-refractivity contribution in [2.24, 2.45) is 0 Å². The Labute approximate surface area is 77.5 Å². The summed E-state index contributed by atoms with van der Waals surface area (Å²) in [7, 11) is -13.0. The molecular formula is C3H9NO6S3. The average Bonchev–Trinajstić information content (AvgIpc) is 1.44. The van der Waals surface area contributed by atoms with Crippen molar-refractivity contribution in [1.29, 1.82) is 0 Å². The van der Waals surface area contributed by atoms with E-state index in [0.29, 0.717) is 18.8 Å². The fourth-order valence-corrected chi connectivity index (χ4v) is 6.64. The Morgan fingerprint density at radius 3 is 0.769 bits per heavy atom. The Morgan fingerprint density at radius 1 is 0.615 bits per heavy atom. The van der Waals surface area contributed by atoms with Crippen LogP contribution in [0.1, 0.15) is 0 Å². The van der Waals surface area contributed by atoms with Gasteiger partial charge in [0.2, 0.25) is 30.1 Å². The second-order valence-corrected chi connectivity index (χ2v) is 8.61. The Kier molecular flexibility index (Phi) is 3.14. The van der Waals surface area contributed by atoms with Crippen LogP contribution >= 0.6 is 0 Å². The fourth-order valence-electron chi connectivity index (χ4n) is 0.738. The number of hydrogen-bond donors (Lipinski definition) is 0. The molecule has 0 aliphatic heterocycles. The maximum atomic E-state index is 10.8. The first-order chi connectivity index (χ1) is 5.37. The quantitative estimate of drug-likeness (QED) is 0.584. The zero-order valence-electron chi connectivity index (χ0n) is 7.12. The van der Waals surface area contributed by atoms with Crippen molar-refractivity contribution in [3.63, 3.8) is 0 Å². The normalized spacial score (nSPS) is 14.8. The van der Waals surface area contributed by atoms with Crippen LogP contribution in [-0.2, 0) is 30.1 Å². The molecule has 0 aliphatic rings. The second kappa shape index (κ2) is 3.19. The molecule has 0 bridgehead atoms. The molecule has 0 spiro atoms. The average molecular weight is 251 g/mol. The van der Waals surface area contributed by atoms with E-state index in [-0.39, 0.29) is 0 Å². The van der Waals surface area contributed by atoms with Gasteiger partial charge in [-0.15, -0.1) is 0 Å². The summed E-state index contributed by atoms with van der Waals surface area (Å²) in [6.45, 7) is 0. The van der Waals surface area contributed by atoms with Crippen LogP contribution < -0.4 is 0 Å². The molecule has 0 fully saturated rings. The van der Waals surface area contributed by atoms with Gasteiger partial charge in [-0.3, -0.25) is 0 Å². The molecule has 80 valence electrons. The minimum atomic E-state index is -4.32. The van der Waals surface area contributed by atoms with Crippen LogP contribution in [-0.4, -0.2) is 47.1 Å². The molecule has 0 aromatic rings. The summed E-state index contributed by atoms with van der Waals surface area (Å²) in [5, 5.41) is 0. The smallest absolute Gasteiger partial charge is 0.211 e. The third kappa shape index (κ3) is 3.58. The molecule has 7 nitrogen and oxygen atoms in total. The monoisotopic (exact) mass is 251 g/mol. The molecule has 0 saturated heterocycles. The summed E-state index contributed by atoms with van der Waals surface area (Å²) in [4.78, 5) is 0. The van der Waals surface area contributed by atoms with Gasteiger partial charge in [0, 0.05) is 3.12 Å². The lowest BCUT2D eigenvalue weighted by Gasteiger charge is -2.13. The summed E-state index contributed by atoms with van der Waals surface area (Å²) in [5.41, 5.74) is 0. The zero-order valence-corrected chi connectivity index (χ0v) is 9.57. The lowest BCUT2D eigenvalue weighted by Crippen LogP contribution is -2.39. The van der Waals surface area contributed by atoms with Crippen LogP contribution in [0.2, 0.25) is 0 Å². The third-order valence-corrected chi connectivity index (χ3v) is 7.31. The fraction of sp³-hybridized carbons (Fsp3) is 1.00. The predicted octanol–water partition coefficient (Wildman–Crippen LogP) is -1.83. The molecule has 0 aliphatic carbocycles. The van der Waals surface area contributed by atoms with Gasteiger partial charge in [-0.2, -0.15) is 0 Å². The first kappa shape index (κ1) is 12.8. The van der Waals surface area contributed by atoms with E-state index in [9.17, 15) is 25.3 Å². The molecule has 0 aromatic heterocycles. The van der Waals surface area contributed by atoms with Crippen molar-refractivity contribution in [2.45, 2.75) is 0 Å². The van der Waals surface area contributed by atoms with Gasteiger partial charge in [-0.1, -0.05) is 0 Å². The number of nitrogens with zero attached hydrogens (tertiary/aromatic N) is 1. The highest BCUT2D eigenvalue weighted by atomic mass is 32.3. The van der Waals surface area contributed by atoms with E-state index >= 15 is 0 Å². The molecule has 0 amide bonds. The van der Waals surface area contributed by atoms with Crippen molar-refractivity contribution >= 4 is 30.1 Å². The first-order valence-corrected chi connectivity index (χ1v) is 8.32. The number of hydrogen-bond acceptors (Lipinski definition) is 6. The highest BCUT2D eigenvalue weighted by molar-refractivity contribution is 8.16. The summed E-state index contributed by atoms with van der Waals surface area (Å²) in [6.07, 6.45) is 1.49. The molecule has 13 heavy (non-hydrogen) atoms. The minimum Gasteiger partial charge on any atom is -0.211 e. The molecule has 0 saturated carbocycles. The van der Waals surface area contributed by atoms with Gasteiger partial charge < -0.3 is 0 Å². The molecular weight excluding hydrogens is 242 g/mol. The van der Waals surface area contributed by atoms with Crippen LogP contribution in [0.15, 0.2) is 0 Å². The summed E-state index contributed by atoms with van der Waals surface area (Å²) in [5.74, 6) is 0. The van der Waals surface area contributed by atoms with Crippen molar-refractivity contribution in [3.05, 3.63) is 0 Å². The second-order valence-electron chi connectivity index (χ2n) is 2.42. The van der Waals surface area contributed by atoms with E-state index < -0.39 is 33.2 Å². The summed E-state index contributed by atoms with van der Waals surface area (Å²) >= 11 is 0. The lowest BCUT2D eigenvalue weighted by molar-refractivity contribution is 0.538. The Hall–Kier alpha value is -0.190. The van der Waals surface area contributed by atoms with Gasteiger partial charge in [0.25, 0.3) is 0 Å². The van der Waals surface area contributed by atoms with E-state index in [2.05, 4.69) is 0 Å². The largest absolute Gasteiger partial charge is 0.237 e. The summed E-state index contributed by atoms with van der Waals surface area (Å²) in [6, 6.07) is 0. The maximum Gasteiger partial charge on any atom is 0.237 e. The zero-order chi connectivity index (χ0) is 11.1. The molecule has 0 N–H and O–H groups in total. The van der Waals surface area contributed by atoms with E-state index in [1.54, 1.807) is 0 Å². The SMILES string of the molecule is CS(=O)(=O)N(S(C)(=O)=O)S(C)(=O)=O. The standard InChI is InChI=1S/C3H9NO6S3/c1-11(5,6)4(12(2,7)8)13(3,9)10/h1-3H3. The first-order valence-electron chi connectivity index (χ1n) is 2.77. The third-order valence-electron chi connectivity index (χ3n) is 0.812. The molecule has 10 heteroatoms. The van der Waals surface area contributed by atoms with Crippen LogP contribution in [0.5, 0.6) is 0 Å². The van der Waals surface area contributed by atoms with Crippen molar-refractivity contribution < 1.29 is 25.3 Å². The van der Waals surface area contributed by atoms with E-state index in [0.717, 1.165) is 0 Å². The molecule has 0 radical (unpaired) electrons. The topological polar surface area (TPSA) is 106 Å². The summed E-state index contributed by atoms with van der Waals surface area (Å²) < 4.78 is 64.2. The van der Waals surface area contributed by atoms with E-state index in [4.69, 9.17) is 0 Å². The van der Waals surface area contributed by atoms with Crippen LogP contribution in [0.25, 0.3) is 0 Å². The number of sulfonamides is 3. The molecule has 0 aromatic carbocycles. The molecule has 0 atom stereocenters. The minimum absolute atomic E-state index is 0.495. The molecule has 0 unspecified atom stereocenters. The predicted molar refractivity (Wildman–Crippen MR) is 46.4 cm³/mol. The van der Waals surface area contributed by atoms with Crippen molar-refractivity contribution in [1.82, 2.24) is 3.12 Å². The van der Waals surface area contributed by atoms with Crippen LogP contribution in [0.3, 0.4) is 0 Å². The van der Waals surface area contributed by atoms with Gasteiger partial charge >= 0.3 is 0 Å². The molecule has 0 rings (SSSR count). The van der Waals surface area contributed by atoms with Crippen LogP contribution in [0, 0.1) is 0 Å². The highest BCUT2D eigenvalue weighted by Gasteiger charge is 2.36. The van der Waals surface area contributed by atoms with Gasteiger partial charge in [0.05, 0.1) is 18.8 Å². The maximum absolute atomic E-state index is 10.8. The van der Waals surface area contributed by atoms with Gasteiger partial charge in [-0.25, -0.2) is 25.3 Å². The number of rotatable bonds is 3. The van der Waals surface area contributed by atoms with Gasteiger partial charge in [-0.05, 0) is 0 Å². The van der Waals surface area contributed by atoms with Gasteiger partial charge in [0.15, 0.2) is 0 Å². The van der Waals surface area contributed by atoms with Crippen LogP contribution in [0.4, 0.5) is 0 Å². The van der Waals surface area contributed by atoms with Crippen molar-refractivity contribution in [2.75, 3.05) is 18.8 Å². The lowest BCUT2D eigenvalue weighted by atomic mass is 12.0. The van der Waals surface area contributed by atoms with E-state index in [1.165, 1.54) is 0 Å². The Bertz CT molecular complexity index is 405.